The molecule has 0 saturated heterocycles. The minimum Gasteiger partial charge on any atom is -0.320 e. The van der Waals surface area contributed by atoms with Crippen LogP contribution < -0.4 is 0 Å². The number of thiophene rings is 1. The van der Waals surface area contributed by atoms with Gasteiger partial charge in [-0.1, -0.05) is 11.6 Å². The Balaban J connectivity index is 1.93. The lowest BCUT2D eigenvalue weighted by Gasteiger charge is -2.13. The molecule has 2 aromatic heterocycles. The largest absolute Gasteiger partial charge is 0.320 e. The van der Waals surface area contributed by atoms with Crippen LogP contribution in [-0.4, -0.2) is 29.6 Å². The molecule has 2 nitrogen and oxygen atoms in total. The number of aromatic nitrogens is 1. The Morgan fingerprint density at radius 2 is 2.00 bits per heavy atom. The fraction of sp³-hybridized carbons (Fsp3) is 0.333. The molecule has 1 aliphatic rings. The van der Waals surface area contributed by atoms with Gasteiger partial charge in [0.15, 0.2) is 0 Å². The predicted octanol–water partition coefficient (Wildman–Crippen LogP) is 5.06. The molecule has 4 rings (SSSR count). The zero-order valence-corrected chi connectivity index (χ0v) is 15.5. The summed E-state index contributed by atoms with van der Waals surface area (Å²) in [7, 11) is 2.23. The zero-order valence-electron chi connectivity index (χ0n) is 14.7. The Hall–Kier alpha value is -1.84. The lowest BCUT2D eigenvalue weighted by atomic mass is 10.1. The number of likely N-dealkylation sites (N-methyl/N-ethyl adjacent to an activating group) is 1. The fourth-order valence-corrected chi connectivity index (χ4v) is 4.43. The second-order valence-corrected chi connectivity index (χ2v) is 7.72. The van der Waals surface area contributed by atoms with Crippen molar-refractivity contribution in [2.45, 2.75) is 26.7 Å². The van der Waals surface area contributed by atoms with Crippen LogP contribution in [0.2, 0.25) is 0 Å². The average molecular weight is 337 g/mol. The van der Waals surface area contributed by atoms with Gasteiger partial charge in [0.05, 0.1) is 5.52 Å². The lowest BCUT2D eigenvalue weighted by molar-refractivity contribution is 0.351. The zero-order chi connectivity index (χ0) is 16.7. The highest BCUT2D eigenvalue weighted by Crippen LogP contribution is 2.31. The average Bonchev–Trinajstić information content (AvgIpc) is 3.13. The molecule has 0 radical (unpaired) electrons. The second kappa shape index (κ2) is 6.23. The molecule has 0 saturated carbocycles. The van der Waals surface area contributed by atoms with Crippen molar-refractivity contribution >= 4 is 34.0 Å². The van der Waals surface area contributed by atoms with Crippen molar-refractivity contribution in [3.63, 3.8) is 0 Å². The maximum Gasteiger partial charge on any atom is 0.0528 e. The van der Waals surface area contributed by atoms with Gasteiger partial charge in [0.25, 0.3) is 0 Å². The molecule has 0 amide bonds. The van der Waals surface area contributed by atoms with E-state index in [0.717, 1.165) is 25.9 Å². The topological polar surface area (TPSA) is 8.17 Å². The van der Waals surface area contributed by atoms with E-state index in [-0.39, 0.29) is 0 Å². The monoisotopic (exact) mass is 336 g/mol. The Morgan fingerprint density at radius 3 is 2.79 bits per heavy atom. The standard InChI is InChI=1S/C21H24N2S/c1-15-4-5-20-19(12-15)18-6-9-22(3)10-7-21(18)23(20)13-16(2)17-8-11-24-14-17/h4-5,8,11-14H,6-7,9-10H2,1-3H3. The smallest absolute Gasteiger partial charge is 0.0528 e. The lowest BCUT2D eigenvalue weighted by Crippen LogP contribution is -2.21. The third-order valence-corrected chi connectivity index (χ3v) is 5.83. The van der Waals surface area contributed by atoms with Crippen molar-refractivity contribution in [2.24, 2.45) is 0 Å². The summed E-state index contributed by atoms with van der Waals surface area (Å²) in [5, 5.41) is 5.82. The van der Waals surface area contributed by atoms with Gasteiger partial charge >= 0.3 is 0 Å². The quantitative estimate of drug-likeness (QED) is 0.635. The Labute approximate surface area is 148 Å². The van der Waals surface area contributed by atoms with E-state index in [9.17, 15) is 0 Å². The van der Waals surface area contributed by atoms with E-state index in [2.05, 4.69) is 71.6 Å². The molecule has 0 aliphatic carbocycles. The van der Waals surface area contributed by atoms with Crippen LogP contribution in [0.4, 0.5) is 0 Å². The van der Waals surface area contributed by atoms with Crippen LogP contribution in [0.5, 0.6) is 0 Å². The number of benzene rings is 1. The van der Waals surface area contributed by atoms with Gasteiger partial charge in [-0.15, -0.1) is 0 Å². The summed E-state index contributed by atoms with van der Waals surface area (Å²) < 4.78 is 2.45. The highest BCUT2D eigenvalue weighted by Gasteiger charge is 2.20. The number of hydrogen-bond donors (Lipinski definition) is 0. The predicted molar refractivity (Wildman–Crippen MR) is 106 cm³/mol. The van der Waals surface area contributed by atoms with Crippen molar-refractivity contribution in [1.82, 2.24) is 9.47 Å². The number of aryl methyl sites for hydroxylation is 1. The number of allylic oxidation sites excluding steroid dienone is 1. The number of rotatable bonds is 2. The first-order valence-electron chi connectivity index (χ1n) is 8.65. The molecule has 0 bridgehead atoms. The van der Waals surface area contributed by atoms with Crippen LogP contribution in [0.1, 0.15) is 29.3 Å². The van der Waals surface area contributed by atoms with Crippen molar-refractivity contribution in [2.75, 3.05) is 20.1 Å². The van der Waals surface area contributed by atoms with E-state index in [4.69, 9.17) is 0 Å². The molecule has 1 aromatic carbocycles. The Bertz CT molecular complexity index is 900. The molecule has 0 fully saturated rings. The molecule has 0 N–H and O–H groups in total. The van der Waals surface area contributed by atoms with Crippen molar-refractivity contribution in [1.29, 1.82) is 0 Å². The molecule has 124 valence electrons. The molecule has 0 spiro atoms. The molecule has 0 unspecified atom stereocenters. The molecular weight excluding hydrogens is 312 g/mol. The SMILES string of the molecule is CC(=Cn1c2c(c3cc(C)ccc31)CCN(C)CC2)c1ccsc1. The second-order valence-electron chi connectivity index (χ2n) is 6.94. The van der Waals surface area contributed by atoms with E-state index < -0.39 is 0 Å². The van der Waals surface area contributed by atoms with Crippen LogP contribution in [0, 0.1) is 6.92 Å². The minimum atomic E-state index is 1.12. The van der Waals surface area contributed by atoms with Crippen LogP contribution in [0.3, 0.4) is 0 Å². The molecular formula is C21H24N2S. The molecule has 3 aromatic rings. The van der Waals surface area contributed by atoms with Crippen LogP contribution in [0.25, 0.3) is 22.7 Å². The summed E-state index contributed by atoms with van der Waals surface area (Å²) in [5.41, 5.74) is 8.40. The van der Waals surface area contributed by atoms with Crippen molar-refractivity contribution in [3.8, 4) is 0 Å². The summed E-state index contributed by atoms with van der Waals surface area (Å²) in [4.78, 5) is 2.45. The highest BCUT2D eigenvalue weighted by atomic mass is 32.1. The maximum absolute atomic E-state index is 2.45. The van der Waals surface area contributed by atoms with Gasteiger partial charge in [-0.25, -0.2) is 0 Å². The van der Waals surface area contributed by atoms with Gasteiger partial charge in [0.1, 0.15) is 0 Å². The first-order chi connectivity index (χ1) is 11.6. The van der Waals surface area contributed by atoms with E-state index in [1.54, 1.807) is 16.9 Å². The van der Waals surface area contributed by atoms with Gasteiger partial charge in [-0.2, -0.15) is 11.3 Å². The fourth-order valence-electron chi connectivity index (χ4n) is 3.71. The summed E-state index contributed by atoms with van der Waals surface area (Å²) in [5.74, 6) is 0. The normalized spacial score (nSPS) is 16.4. The molecule has 24 heavy (non-hydrogen) atoms. The van der Waals surface area contributed by atoms with Crippen molar-refractivity contribution < 1.29 is 0 Å². The third kappa shape index (κ3) is 2.72. The summed E-state index contributed by atoms with van der Waals surface area (Å²) in [6.07, 6.45) is 4.60. The molecule has 1 aliphatic heterocycles. The molecule has 3 heterocycles. The highest BCUT2D eigenvalue weighted by molar-refractivity contribution is 7.08. The van der Waals surface area contributed by atoms with E-state index in [1.165, 1.54) is 33.3 Å². The van der Waals surface area contributed by atoms with Crippen LogP contribution in [0.15, 0.2) is 35.0 Å². The van der Waals surface area contributed by atoms with E-state index in [0.29, 0.717) is 0 Å². The van der Waals surface area contributed by atoms with Gasteiger partial charge in [-0.05, 0) is 73.0 Å². The van der Waals surface area contributed by atoms with Gasteiger partial charge in [0.2, 0.25) is 0 Å². The number of hydrogen-bond acceptors (Lipinski definition) is 2. The summed E-state index contributed by atoms with van der Waals surface area (Å²) >= 11 is 1.76. The summed E-state index contributed by atoms with van der Waals surface area (Å²) in [6.45, 7) is 6.69. The van der Waals surface area contributed by atoms with Crippen molar-refractivity contribution in [3.05, 3.63) is 57.4 Å². The van der Waals surface area contributed by atoms with E-state index in [1.807, 2.05) is 0 Å². The van der Waals surface area contributed by atoms with Crippen LogP contribution in [-0.2, 0) is 12.8 Å². The van der Waals surface area contributed by atoms with Crippen LogP contribution >= 0.6 is 11.3 Å². The maximum atomic E-state index is 2.45. The number of fused-ring (bicyclic) bond motifs is 3. The van der Waals surface area contributed by atoms with Gasteiger partial charge in [0, 0.05) is 36.8 Å². The van der Waals surface area contributed by atoms with Gasteiger partial charge < -0.3 is 9.47 Å². The first kappa shape index (κ1) is 15.7. The molecule has 3 heteroatoms. The molecule has 0 atom stereocenters. The Kier molecular flexibility index (Phi) is 4.07. The first-order valence-corrected chi connectivity index (χ1v) is 9.59. The third-order valence-electron chi connectivity index (χ3n) is 5.15. The Morgan fingerprint density at radius 1 is 1.17 bits per heavy atom. The minimum absolute atomic E-state index is 1.12. The van der Waals surface area contributed by atoms with Gasteiger partial charge in [-0.3, -0.25) is 0 Å². The summed E-state index contributed by atoms with van der Waals surface area (Å²) in [6, 6.07) is 9.10. The number of nitrogens with zero attached hydrogens (tertiary/aromatic N) is 2. The van der Waals surface area contributed by atoms with E-state index >= 15 is 0 Å².